The fourth-order valence-electron chi connectivity index (χ4n) is 1.76. The molecule has 2 N–H and O–H groups in total. The normalized spacial score (nSPS) is 10.6. The molecular formula is C15H25N3O2. The maximum atomic E-state index is 11.7. The third-order valence-corrected chi connectivity index (χ3v) is 2.87. The molecule has 1 rings (SSSR count). The highest BCUT2D eigenvalue weighted by molar-refractivity contribution is 5.92. The third kappa shape index (κ3) is 7.11. The summed E-state index contributed by atoms with van der Waals surface area (Å²) >= 11 is 0. The highest BCUT2D eigenvalue weighted by Crippen LogP contribution is 2.14. The number of amides is 1. The quantitative estimate of drug-likeness (QED) is 0.674. The van der Waals surface area contributed by atoms with Gasteiger partial charge in [-0.2, -0.15) is 0 Å². The predicted octanol–water partition coefficient (Wildman–Crippen LogP) is 1.57. The van der Waals surface area contributed by atoms with Crippen molar-refractivity contribution in [1.29, 1.82) is 0 Å². The van der Waals surface area contributed by atoms with E-state index in [0.717, 1.165) is 37.4 Å². The van der Waals surface area contributed by atoms with Gasteiger partial charge in [-0.3, -0.25) is 4.79 Å². The van der Waals surface area contributed by atoms with Crippen LogP contribution in [0.1, 0.15) is 12.8 Å². The van der Waals surface area contributed by atoms with Gasteiger partial charge in [0.05, 0.1) is 13.7 Å². The predicted molar refractivity (Wildman–Crippen MR) is 82.3 cm³/mol. The topological polar surface area (TPSA) is 53.6 Å². The summed E-state index contributed by atoms with van der Waals surface area (Å²) in [4.78, 5) is 13.9. The number of ether oxygens (including phenoxy) is 1. The number of carbonyl (C=O) groups excluding carboxylic acids is 1. The maximum Gasteiger partial charge on any atom is 0.238 e. The molecule has 0 atom stereocenters. The average molecular weight is 279 g/mol. The van der Waals surface area contributed by atoms with Crippen LogP contribution in [0.4, 0.5) is 5.69 Å². The van der Waals surface area contributed by atoms with E-state index in [1.165, 1.54) is 0 Å². The van der Waals surface area contributed by atoms with E-state index in [0.29, 0.717) is 6.54 Å². The second-order valence-electron chi connectivity index (χ2n) is 4.96. The van der Waals surface area contributed by atoms with Gasteiger partial charge in [-0.1, -0.05) is 0 Å². The van der Waals surface area contributed by atoms with Gasteiger partial charge >= 0.3 is 0 Å². The molecule has 112 valence electrons. The van der Waals surface area contributed by atoms with E-state index in [4.69, 9.17) is 4.74 Å². The molecule has 0 saturated heterocycles. The smallest absolute Gasteiger partial charge is 0.238 e. The zero-order valence-corrected chi connectivity index (χ0v) is 12.6. The Morgan fingerprint density at radius 2 is 1.90 bits per heavy atom. The molecule has 0 bridgehead atoms. The van der Waals surface area contributed by atoms with Crippen LogP contribution in [0.25, 0.3) is 0 Å². The standard InChI is InChI=1S/C15H25N3O2/c1-18(2)11-5-4-10-16-12-15(19)17-13-6-8-14(20-3)9-7-13/h6-9,16H,4-5,10-12H2,1-3H3,(H,17,19). The first kappa shape index (κ1) is 16.5. The number of anilines is 1. The summed E-state index contributed by atoms with van der Waals surface area (Å²) in [6.45, 7) is 2.29. The second-order valence-corrected chi connectivity index (χ2v) is 4.96. The first-order valence-corrected chi connectivity index (χ1v) is 6.91. The summed E-state index contributed by atoms with van der Waals surface area (Å²) in [5.74, 6) is 0.754. The van der Waals surface area contributed by atoms with Gasteiger partial charge in [0.15, 0.2) is 0 Å². The number of rotatable bonds is 9. The van der Waals surface area contributed by atoms with Crippen LogP contribution < -0.4 is 15.4 Å². The molecule has 0 fully saturated rings. The molecule has 20 heavy (non-hydrogen) atoms. The van der Waals surface area contributed by atoms with Gasteiger partial charge in [-0.05, 0) is 64.3 Å². The van der Waals surface area contributed by atoms with Crippen LogP contribution in [-0.4, -0.2) is 51.6 Å². The molecule has 0 aliphatic heterocycles. The zero-order chi connectivity index (χ0) is 14.8. The number of unbranched alkanes of at least 4 members (excludes halogenated alkanes) is 1. The zero-order valence-electron chi connectivity index (χ0n) is 12.6. The van der Waals surface area contributed by atoms with Crippen LogP contribution in [0, 0.1) is 0 Å². The lowest BCUT2D eigenvalue weighted by atomic mass is 10.3. The Labute approximate surface area is 121 Å². The number of benzene rings is 1. The van der Waals surface area contributed by atoms with Crippen molar-refractivity contribution in [3.8, 4) is 5.75 Å². The number of hydrogen-bond donors (Lipinski definition) is 2. The van der Waals surface area contributed by atoms with E-state index >= 15 is 0 Å². The minimum atomic E-state index is -0.0252. The van der Waals surface area contributed by atoms with E-state index in [9.17, 15) is 4.79 Å². The van der Waals surface area contributed by atoms with Crippen molar-refractivity contribution >= 4 is 11.6 Å². The highest BCUT2D eigenvalue weighted by Gasteiger charge is 2.01. The Kier molecular flexibility index (Phi) is 7.69. The molecule has 0 radical (unpaired) electrons. The van der Waals surface area contributed by atoms with E-state index in [1.807, 2.05) is 24.3 Å². The summed E-state index contributed by atoms with van der Waals surface area (Å²) in [6, 6.07) is 7.30. The van der Waals surface area contributed by atoms with E-state index in [1.54, 1.807) is 7.11 Å². The molecule has 0 saturated carbocycles. The molecule has 0 aliphatic carbocycles. The Hall–Kier alpha value is -1.59. The Bertz CT molecular complexity index is 391. The number of nitrogens with one attached hydrogen (secondary N) is 2. The number of carbonyl (C=O) groups is 1. The molecular weight excluding hydrogens is 254 g/mol. The summed E-state index contributed by atoms with van der Waals surface area (Å²) in [7, 11) is 5.75. The minimum Gasteiger partial charge on any atom is -0.497 e. The van der Waals surface area contributed by atoms with Crippen LogP contribution in [0.3, 0.4) is 0 Å². The molecule has 1 aromatic rings. The van der Waals surface area contributed by atoms with Crippen LogP contribution in [0.15, 0.2) is 24.3 Å². The Morgan fingerprint density at radius 3 is 2.50 bits per heavy atom. The van der Waals surface area contributed by atoms with Gasteiger partial charge in [0.2, 0.25) is 5.91 Å². The van der Waals surface area contributed by atoms with Crippen LogP contribution in [-0.2, 0) is 4.79 Å². The van der Waals surface area contributed by atoms with Gasteiger partial charge in [0.1, 0.15) is 5.75 Å². The maximum absolute atomic E-state index is 11.7. The van der Waals surface area contributed by atoms with Crippen molar-refractivity contribution in [2.75, 3.05) is 46.2 Å². The summed E-state index contributed by atoms with van der Waals surface area (Å²) in [6.07, 6.45) is 2.22. The summed E-state index contributed by atoms with van der Waals surface area (Å²) in [5.41, 5.74) is 0.783. The Balaban J connectivity index is 2.13. The van der Waals surface area contributed by atoms with Crippen molar-refractivity contribution in [3.05, 3.63) is 24.3 Å². The first-order valence-electron chi connectivity index (χ1n) is 6.91. The molecule has 0 aliphatic rings. The van der Waals surface area contributed by atoms with Gasteiger partial charge < -0.3 is 20.3 Å². The van der Waals surface area contributed by atoms with E-state index in [-0.39, 0.29) is 5.91 Å². The van der Waals surface area contributed by atoms with Gasteiger partial charge in [0, 0.05) is 5.69 Å². The van der Waals surface area contributed by atoms with Crippen LogP contribution in [0.2, 0.25) is 0 Å². The van der Waals surface area contributed by atoms with Crippen molar-refractivity contribution in [3.63, 3.8) is 0 Å². The lowest BCUT2D eigenvalue weighted by Gasteiger charge is -2.10. The molecule has 5 heteroatoms. The number of methoxy groups -OCH3 is 1. The van der Waals surface area contributed by atoms with Crippen LogP contribution in [0.5, 0.6) is 5.75 Å². The summed E-state index contributed by atoms with van der Waals surface area (Å²) < 4.78 is 5.06. The molecule has 5 nitrogen and oxygen atoms in total. The van der Waals surface area contributed by atoms with Crippen LogP contribution >= 0.6 is 0 Å². The number of nitrogens with zero attached hydrogens (tertiary/aromatic N) is 1. The molecule has 0 aromatic heterocycles. The Morgan fingerprint density at radius 1 is 1.20 bits per heavy atom. The average Bonchev–Trinajstić information content (AvgIpc) is 2.43. The molecule has 0 unspecified atom stereocenters. The fraction of sp³-hybridized carbons (Fsp3) is 0.533. The van der Waals surface area contributed by atoms with Crippen molar-refractivity contribution in [1.82, 2.24) is 10.2 Å². The third-order valence-electron chi connectivity index (χ3n) is 2.87. The first-order chi connectivity index (χ1) is 9.61. The number of hydrogen-bond acceptors (Lipinski definition) is 4. The molecule has 1 aromatic carbocycles. The summed E-state index contributed by atoms with van der Waals surface area (Å²) in [5, 5.41) is 5.98. The van der Waals surface area contributed by atoms with Gasteiger partial charge in [-0.15, -0.1) is 0 Å². The highest BCUT2D eigenvalue weighted by atomic mass is 16.5. The monoisotopic (exact) mass is 279 g/mol. The lowest BCUT2D eigenvalue weighted by Crippen LogP contribution is -2.29. The van der Waals surface area contributed by atoms with E-state index in [2.05, 4.69) is 29.6 Å². The van der Waals surface area contributed by atoms with Gasteiger partial charge in [0.25, 0.3) is 0 Å². The lowest BCUT2D eigenvalue weighted by molar-refractivity contribution is -0.115. The van der Waals surface area contributed by atoms with Crippen molar-refractivity contribution in [2.45, 2.75) is 12.8 Å². The van der Waals surface area contributed by atoms with Crippen molar-refractivity contribution < 1.29 is 9.53 Å². The van der Waals surface area contributed by atoms with Crippen molar-refractivity contribution in [2.24, 2.45) is 0 Å². The molecule has 0 spiro atoms. The SMILES string of the molecule is COc1ccc(NC(=O)CNCCCCN(C)C)cc1. The fourth-order valence-corrected chi connectivity index (χ4v) is 1.76. The molecule has 0 heterocycles. The van der Waals surface area contributed by atoms with Gasteiger partial charge in [-0.25, -0.2) is 0 Å². The minimum absolute atomic E-state index is 0.0252. The largest absolute Gasteiger partial charge is 0.497 e. The van der Waals surface area contributed by atoms with E-state index < -0.39 is 0 Å². The second kappa shape index (κ2) is 9.34. The molecule has 1 amide bonds.